The fourth-order valence-corrected chi connectivity index (χ4v) is 2.89. The van der Waals surface area contributed by atoms with Gasteiger partial charge < -0.3 is 4.90 Å². The quantitative estimate of drug-likeness (QED) is 0.344. The molecule has 121 valence electrons. The predicted molar refractivity (Wildman–Crippen MR) is 95.3 cm³/mol. The van der Waals surface area contributed by atoms with Gasteiger partial charge in [0, 0.05) is 0 Å². The maximum Gasteiger partial charge on any atom is 2.00 e. The molecular formula is C18H24N2RhS. The van der Waals surface area contributed by atoms with E-state index in [9.17, 15) is 0 Å². The second-order valence-corrected chi connectivity index (χ2v) is 6.50. The van der Waals surface area contributed by atoms with E-state index in [1.807, 2.05) is 18.3 Å². The zero-order valence-corrected chi connectivity index (χ0v) is 16.0. The van der Waals surface area contributed by atoms with Gasteiger partial charge in [-0.25, -0.2) is 4.40 Å². The molecule has 0 saturated carbocycles. The summed E-state index contributed by atoms with van der Waals surface area (Å²) in [6.07, 6.45) is 7.45. The summed E-state index contributed by atoms with van der Waals surface area (Å²) in [6, 6.07) is 6.74. The molecule has 1 aliphatic rings. The van der Waals surface area contributed by atoms with Crippen molar-refractivity contribution >= 4 is 24.0 Å². The molecule has 4 heteroatoms. The van der Waals surface area contributed by atoms with Crippen LogP contribution in [0.1, 0.15) is 44.7 Å². The number of hydrogen-bond donors (Lipinski definition) is 0. The molecule has 1 aliphatic heterocycles. The number of allylic oxidation sites excluding steroid dienone is 1. The Labute approximate surface area is 152 Å². The first kappa shape index (κ1) is 19.3. The zero-order valence-electron chi connectivity index (χ0n) is 13.5. The van der Waals surface area contributed by atoms with Crippen LogP contribution in [0, 0.1) is 17.7 Å². The van der Waals surface area contributed by atoms with Crippen molar-refractivity contribution in [1.29, 1.82) is 0 Å². The predicted octanol–water partition coefficient (Wildman–Crippen LogP) is 5.41. The van der Waals surface area contributed by atoms with Gasteiger partial charge in [-0.3, -0.25) is 0 Å². The Kier molecular flexibility index (Phi) is 8.27. The molecule has 0 aliphatic carbocycles. The number of hydrogen-bond acceptors (Lipinski definition) is 3. The van der Waals surface area contributed by atoms with Crippen LogP contribution in [0.5, 0.6) is 0 Å². The Morgan fingerprint density at radius 2 is 2.23 bits per heavy atom. The van der Waals surface area contributed by atoms with Crippen LogP contribution in [0.2, 0.25) is 0 Å². The minimum atomic E-state index is 0. The van der Waals surface area contributed by atoms with E-state index < -0.39 is 0 Å². The molecule has 0 N–H and O–H groups in total. The Morgan fingerprint density at radius 1 is 1.45 bits per heavy atom. The molecule has 1 radical (unpaired) electrons. The van der Waals surface area contributed by atoms with E-state index in [4.69, 9.17) is 0 Å². The molecule has 0 unspecified atom stereocenters. The molecule has 0 atom stereocenters. The van der Waals surface area contributed by atoms with Gasteiger partial charge in [0.2, 0.25) is 0 Å². The van der Waals surface area contributed by atoms with E-state index in [0.29, 0.717) is 0 Å². The van der Waals surface area contributed by atoms with Crippen molar-refractivity contribution in [3.05, 3.63) is 53.8 Å². The van der Waals surface area contributed by atoms with Crippen molar-refractivity contribution in [1.82, 2.24) is 0 Å². The second-order valence-electron chi connectivity index (χ2n) is 5.86. The number of nitrogens with zero attached hydrogens (tertiary/aromatic N) is 2. The molecule has 0 amide bonds. The molecule has 1 heterocycles. The Hall–Kier alpha value is -0.727. The van der Waals surface area contributed by atoms with Crippen molar-refractivity contribution in [2.24, 2.45) is 10.3 Å². The van der Waals surface area contributed by atoms with Crippen LogP contribution in [0.25, 0.3) is 0 Å². The maximum atomic E-state index is 4.21. The van der Waals surface area contributed by atoms with Crippen LogP contribution in [-0.4, -0.2) is 6.34 Å². The minimum absolute atomic E-state index is 0. The molecule has 0 aromatic heterocycles. The van der Waals surface area contributed by atoms with E-state index in [-0.39, 0.29) is 19.5 Å². The van der Waals surface area contributed by atoms with Crippen molar-refractivity contribution in [3.63, 3.8) is 0 Å². The SMILES string of the molecule is C=C[C-](C)c1ccc(CCCC(C)C)cc1N1C=NS[CH-]1.[Rh+2]. The molecule has 0 fully saturated rings. The average molecular weight is 403 g/mol. The minimum Gasteiger partial charge on any atom is -0.513 e. The first-order valence-electron chi connectivity index (χ1n) is 7.52. The molecule has 1 aromatic rings. The fourth-order valence-electron chi connectivity index (χ4n) is 2.41. The summed E-state index contributed by atoms with van der Waals surface area (Å²) < 4.78 is 4.21. The van der Waals surface area contributed by atoms with Gasteiger partial charge in [0.25, 0.3) is 0 Å². The van der Waals surface area contributed by atoms with Gasteiger partial charge in [-0.2, -0.15) is 24.4 Å². The van der Waals surface area contributed by atoms with E-state index in [2.05, 4.69) is 54.8 Å². The third-order valence-corrected chi connectivity index (χ3v) is 4.25. The van der Waals surface area contributed by atoms with E-state index >= 15 is 0 Å². The Bertz CT molecular complexity index is 514. The van der Waals surface area contributed by atoms with E-state index in [0.717, 1.165) is 12.3 Å². The van der Waals surface area contributed by atoms with Crippen molar-refractivity contribution < 1.29 is 19.5 Å². The molecule has 22 heavy (non-hydrogen) atoms. The maximum absolute atomic E-state index is 4.21. The summed E-state index contributed by atoms with van der Waals surface area (Å²) in [5.41, 5.74) is 3.82. The van der Waals surface area contributed by atoms with Gasteiger partial charge in [-0.1, -0.05) is 44.5 Å². The number of anilines is 1. The van der Waals surface area contributed by atoms with Crippen LogP contribution in [-0.2, 0) is 25.9 Å². The van der Waals surface area contributed by atoms with Gasteiger partial charge in [-0.15, -0.1) is 29.7 Å². The van der Waals surface area contributed by atoms with Crippen molar-refractivity contribution in [2.45, 2.75) is 40.0 Å². The number of benzene rings is 1. The van der Waals surface area contributed by atoms with Crippen molar-refractivity contribution in [3.8, 4) is 0 Å². The summed E-state index contributed by atoms with van der Waals surface area (Å²) >= 11 is 1.47. The van der Waals surface area contributed by atoms with Gasteiger partial charge >= 0.3 is 19.5 Å². The van der Waals surface area contributed by atoms with Crippen LogP contribution in [0.15, 0.2) is 35.3 Å². The van der Waals surface area contributed by atoms with Gasteiger partial charge in [0.05, 0.1) is 6.34 Å². The summed E-state index contributed by atoms with van der Waals surface area (Å²) in [6.45, 7) is 10.6. The fraction of sp³-hybridized carbons (Fsp3) is 0.389. The van der Waals surface area contributed by atoms with Gasteiger partial charge in [0.1, 0.15) is 0 Å². The van der Waals surface area contributed by atoms with Crippen molar-refractivity contribution in [2.75, 3.05) is 4.90 Å². The van der Waals surface area contributed by atoms with Crippen LogP contribution in [0.3, 0.4) is 0 Å². The number of rotatable bonds is 7. The van der Waals surface area contributed by atoms with E-state index in [1.54, 1.807) is 0 Å². The normalized spacial score (nSPS) is 13.4. The van der Waals surface area contributed by atoms with Gasteiger partial charge in [-0.05, 0) is 18.8 Å². The molecular weight excluding hydrogens is 379 g/mol. The third kappa shape index (κ3) is 5.17. The Balaban J connectivity index is 0.00000242. The molecule has 0 bridgehead atoms. The number of aryl methyl sites for hydroxylation is 1. The summed E-state index contributed by atoms with van der Waals surface area (Å²) in [5, 5.41) is 0. The monoisotopic (exact) mass is 403 g/mol. The van der Waals surface area contributed by atoms with Crippen LogP contribution in [0.4, 0.5) is 5.69 Å². The molecule has 2 rings (SSSR count). The second kappa shape index (κ2) is 9.42. The standard InChI is InChI=1S/C18H24N2S.Rh/c1-5-15(4)17-10-9-16(8-6-7-14(2)3)11-18(17)20-12-19-21-13-20;/h5,9-14H,1,6-8H2,2-4H3;/q-2;+2. The van der Waals surface area contributed by atoms with Gasteiger partial charge in [0.15, 0.2) is 0 Å². The van der Waals surface area contributed by atoms with Crippen LogP contribution < -0.4 is 4.90 Å². The molecule has 2 nitrogen and oxygen atoms in total. The summed E-state index contributed by atoms with van der Waals surface area (Å²) in [4.78, 5) is 2.10. The molecule has 0 saturated heterocycles. The summed E-state index contributed by atoms with van der Waals surface area (Å²) in [7, 11) is 0. The zero-order chi connectivity index (χ0) is 15.2. The third-order valence-electron chi connectivity index (χ3n) is 3.71. The topological polar surface area (TPSA) is 15.6 Å². The Morgan fingerprint density at radius 3 is 2.82 bits per heavy atom. The summed E-state index contributed by atoms with van der Waals surface area (Å²) in [5.74, 6) is 4.00. The first-order valence-corrected chi connectivity index (χ1v) is 8.35. The molecule has 0 spiro atoms. The average Bonchev–Trinajstić information content (AvgIpc) is 3.00. The first-order chi connectivity index (χ1) is 10.1. The molecule has 1 aromatic carbocycles. The van der Waals surface area contributed by atoms with Crippen LogP contribution >= 0.6 is 11.9 Å². The largest absolute Gasteiger partial charge is 2.00 e. The van der Waals surface area contributed by atoms with E-state index in [1.165, 1.54) is 47.5 Å². The smallest absolute Gasteiger partial charge is 0.513 e.